The lowest BCUT2D eigenvalue weighted by atomic mass is 10.2. The Hall–Kier alpha value is -2.56. The first kappa shape index (κ1) is 12.5. The molecule has 5 heteroatoms. The van der Waals surface area contributed by atoms with E-state index >= 15 is 0 Å². The largest absolute Gasteiger partial charge is 0.361 e. The summed E-state index contributed by atoms with van der Waals surface area (Å²) in [6.07, 6.45) is 0. The third-order valence-corrected chi connectivity index (χ3v) is 3.18. The number of nitrogens with one attached hydrogen (secondary N) is 1. The normalized spacial score (nSPS) is 10.9. The lowest BCUT2D eigenvalue weighted by molar-refractivity contribution is 0.0777. The fourth-order valence-electron chi connectivity index (χ4n) is 2.20. The van der Waals surface area contributed by atoms with Crippen LogP contribution in [0, 0.1) is 6.92 Å². The molecule has 5 nitrogen and oxygen atoms in total. The Morgan fingerprint density at radius 1 is 1.35 bits per heavy atom. The maximum absolute atomic E-state index is 12.4. The number of nitrogens with zero attached hydrogens (tertiary/aromatic N) is 2. The lowest BCUT2D eigenvalue weighted by Crippen LogP contribution is -2.26. The van der Waals surface area contributed by atoms with Crippen LogP contribution >= 0.6 is 0 Å². The van der Waals surface area contributed by atoms with Gasteiger partial charge in [-0.2, -0.15) is 0 Å². The summed E-state index contributed by atoms with van der Waals surface area (Å²) in [6.45, 7) is 2.25. The Kier molecular flexibility index (Phi) is 3.02. The van der Waals surface area contributed by atoms with Gasteiger partial charge in [-0.3, -0.25) is 4.79 Å². The summed E-state index contributed by atoms with van der Waals surface area (Å²) in [6, 6.07) is 11.5. The summed E-state index contributed by atoms with van der Waals surface area (Å²) in [5.74, 6) is 0.674. The van der Waals surface area contributed by atoms with Gasteiger partial charge in [-0.05, 0) is 19.1 Å². The monoisotopic (exact) mass is 269 g/mol. The molecule has 0 saturated heterocycles. The summed E-state index contributed by atoms with van der Waals surface area (Å²) >= 11 is 0. The molecule has 0 bridgehead atoms. The maximum atomic E-state index is 12.4. The van der Waals surface area contributed by atoms with Crippen molar-refractivity contribution in [1.82, 2.24) is 15.0 Å². The van der Waals surface area contributed by atoms with E-state index in [9.17, 15) is 4.79 Å². The molecule has 102 valence electrons. The second-order valence-electron chi connectivity index (χ2n) is 4.86. The molecule has 1 N–H and O–H groups in total. The molecule has 0 atom stereocenters. The average Bonchev–Trinajstić information content (AvgIpc) is 3.03. The Bertz CT molecular complexity index is 724. The molecule has 0 radical (unpaired) electrons. The number of hydrogen-bond donors (Lipinski definition) is 1. The van der Waals surface area contributed by atoms with Gasteiger partial charge in [0.1, 0.15) is 17.1 Å². The molecule has 3 rings (SSSR count). The van der Waals surface area contributed by atoms with Crippen LogP contribution in [0.1, 0.15) is 21.9 Å². The number of fused-ring (bicyclic) bond motifs is 1. The Morgan fingerprint density at radius 3 is 2.85 bits per heavy atom. The standard InChI is InChI=1S/C15H15N3O2/c1-10-7-12(17-20-10)9-18(2)15(19)14-8-11-5-3-4-6-13(11)16-14/h3-8,16H,9H2,1-2H3. The van der Waals surface area contributed by atoms with Crippen LogP contribution in [0.15, 0.2) is 40.9 Å². The van der Waals surface area contributed by atoms with Crippen molar-refractivity contribution < 1.29 is 9.32 Å². The van der Waals surface area contributed by atoms with E-state index in [0.717, 1.165) is 22.4 Å². The van der Waals surface area contributed by atoms with Crippen LogP contribution < -0.4 is 0 Å². The van der Waals surface area contributed by atoms with Crippen molar-refractivity contribution >= 4 is 16.8 Å². The zero-order chi connectivity index (χ0) is 14.1. The van der Waals surface area contributed by atoms with Crippen molar-refractivity contribution in [2.45, 2.75) is 13.5 Å². The van der Waals surface area contributed by atoms with E-state index in [4.69, 9.17) is 4.52 Å². The smallest absolute Gasteiger partial charge is 0.270 e. The maximum Gasteiger partial charge on any atom is 0.270 e. The van der Waals surface area contributed by atoms with Gasteiger partial charge in [-0.1, -0.05) is 23.4 Å². The molecule has 0 spiro atoms. The van der Waals surface area contributed by atoms with Crippen LogP contribution in [-0.2, 0) is 6.54 Å². The molecule has 1 amide bonds. The Labute approximate surface area is 116 Å². The van der Waals surface area contributed by atoms with Crippen molar-refractivity contribution in [2.24, 2.45) is 0 Å². The molecule has 1 aromatic carbocycles. The SMILES string of the molecule is Cc1cc(CN(C)C(=O)c2cc3ccccc3[nH]2)no1. The van der Waals surface area contributed by atoms with Gasteiger partial charge in [0.2, 0.25) is 0 Å². The number of benzene rings is 1. The van der Waals surface area contributed by atoms with Crippen LogP contribution in [0.5, 0.6) is 0 Å². The van der Waals surface area contributed by atoms with E-state index in [1.165, 1.54) is 0 Å². The minimum atomic E-state index is -0.0677. The third-order valence-electron chi connectivity index (χ3n) is 3.18. The molecule has 2 heterocycles. The molecule has 2 aromatic heterocycles. The molecular formula is C15H15N3O2. The van der Waals surface area contributed by atoms with Gasteiger partial charge < -0.3 is 14.4 Å². The van der Waals surface area contributed by atoms with Crippen molar-refractivity contribution in [1.29, 1.82) is 0 Å². The summed E-state index contributed by atoms with van der Waals surface area (Å²) in [5.41, 5.74) is 2.28. The summed E-state index contributed by atoms with van der Waals surface area (Å²) in [5, 5.41) is 4.92. The minimum Gasteiger partial charge on any atom is -0.361 e. The molecule has 3 aromatic rings. The molecule has 0 aliphatic carbocycles. The quantitative estimate of drug-likeness (QED) is 0.795. The minimum absolute atomic E-state index is 0.0677. The van der Waals surface area contributed by atoms with Crippen LogP contribution in [0.2, 0.25) is 0 Å². The van der Waals surface area contributed by atoms with Gasteiger partial charge in [0.25, 0.3) is 5.91 Å². The number of aryl methyl sites for hydroxylation is 1. The molecule has 0 saturated carbocycles. The van der Waals surface area contributed by atoms with Crippen molar-refractivity contribution in [3.63, 3.8) is 0 Å². The highest BCUT2D eigenvalue weighted by molar-refractivity contribution is 5.97. The number of amides is 1. The number of carbonyl (C=O) groups excluding carboxylic acids is 1. The van der Waals surface area contributed by atoms with Gasteiger partial charge >= 0.3 is 0 Å². The van der Waals surface area contributed by atoms with Gasteiger partial charge in [0, 0.05) is 24.0 Å². The van der Waals surface area contributed by atoms with Gasteiger partial charge in [0.15, 0.2) is 0 Å². The average molecular weight is 269 g/mol. The number of para-hydroxylation sites is 1. The third kappa shape index (κ3) is 2.30. The summed E-state index contributed by atoms with van der Waals surface area (Å²) < 4.78 is 5.00. The first-order valence-electron chi connectivity index (χ1n) is 6.39. The van der Waals surface area contributed by atoms with Gasteiger partial charge in [0.05, 0.1) is 6.54 Å². The van der Waals surface area contributed by atoms with Crippen LogP contribution in [0.25, 0.3) is 10.9 Å². The van der Waals surface area contributed by atoms with E-state index in [2.05, 4.69) is 10.1 Å². The highest BCUT2D eigenvalue weighted by Gasteiger charge is 2.15. The van der Waals surface area contributed by atoms with E-state index in [1.54, 1.807) is 11.9 Å². The predicted octanol–water partition coefficient (Wildman–Crippen LogP) is 2.74. The fourth-order valence-corrected chi connectivity index (χ4v) is 2.20. The van der Waals surface area contributed by atoms with E-state index in [0.29, 0.717) is 12.2 Å². The Balaban J connectivity index is 1.80. The highest BCUT2D eigenvalue weighted by atomic mass is 16.5. The summed E-state index contributed by atoms with van der Waals surface area (Å²) in [7, 11) is 1.75. The van der Waals surface area contributed by atoms with Crippen molar-refractivity contribution in [3.8, 4) is 0 Å². The Morgan fingerprint density at radius 2 is 2.15 bits per heavy atom. The molecule has 0 aliphatic rings. The van der Waals surface area contributed by atoms with Crippen LogP contribution in [0.4, 0.5) is 0 Å². The van der Waals surface area contributed by atoms with E-state index in [1.807, 2.05) is 43.3 Å². The van der Waals surface area contributed by atoms with Gasteiger partial charge in [-0.25, -0.2) is 0 Å². The second-order valence-corrected chi connectivity index (χ2v) is 4.86. The van der Waals surface area contributed by atoms with Crippen LogP contribution in [0.3, 0.4) is 0 Å². The first-order chi connectivity index (χ1) is 9.63. The number of aromatic amines is 1. The topological polar surface area (TPSA) is 62.1 Å². The van der Waals surface area contributed by atoms with E-state index in [-0.39, 0.29) is 5.91 Å². The number of H-pyrrole nitrogens is 1. The predicted molar refractivity (Wildman–Crippen MR) is 75.3 cm³/mol. The van der Waals surface area contributed by atoms with Crippen molar-refractivity contribution in [3.05, 3.63) is 53.5 Å². The molecule has 0 fully saturated rings. The van der Waals surface area contributed by atoms with Crippen molar-refractivity contribution in [2.75, 3.05) is 7.05 Å². The molecule has 0 aliphatic heterocycles. The zero-order valence-corrected chi connectivity index (χ0v) is 11.4. The number of carbonyl (C=O) groups is 1. The second kappa shape index (κ2) is 4.85. The molecule has 0 unspecified atom stereocenters. The first-order valence-corrected chi connectivity index (χ1v) is 6.39. The number of aromatic nitrogens is 2. The van der Waals surface area contributed by atoms with E-state index < -0.39 is 0 Å². The molecular weight excluding hydrogens is 254 g/mol. The zero-order valence-electron chi connectivity index (χ0n) is 11.4. The highest BCUT2D eigenvalue weighted by Crippen LogP contribution is 2.16. The number of hydrogen-bond acceptors (Lipinski definition) is 3. The lowest BCUT2D eigenvalue weighted by Gasteiger charge is -2.14. The summed E-state index contributed by atoms with van der Waals surface area (Å²) in [4.78, 5) is 17.1. The molecule has 20 heavy (non-hydrogen) atoms. The van der Waals surface area contributed by atoms with Gasteiger partial charge in [-0.15, -0.1) is 0 Å². The van der Waals surface area contributed by atoms with Crippen LogP contribution in [-0.4, -0.2) is 28.0 Å². The fraction of sp³-hybridized carbons (Fsp3) is 0.200. The number of rotatable bonds is 3.